The maximum atomic E-state index is 0. The van der Waals surface area contributed by atoms with Gasteiger partial charge in [-0.1, -0.05) is 0 Å². The Morgan fingerprint density at radius 1 is 0.375 bits per heavy atom. The monoisotopic (exact) mass is 295 g/mol. The van der Waals surface area contributed by atoms with Gasteiger partial charge in [0.15, 0.2) is 0 Å². The Morgan fingerprint density at radius 2 is 0.375 bits per heavy atom. The van der Waals surface area contributed by atoms with Crippen LogP contribution in [0.5, 0.6) is 0 Å². The number of hydrogen-bond acceptors (Lipinski definition) is 0. The molecule has 0 aromatic rings. The van der Waals surface area contributed by atoms with Crippen molar-refractivity contribution in [3.05, 3.63) is 0 Å². The van der Waals surface area contributed by atoms with Gasteiger partial charge in [-0.25, -0.2) is 0 Å². The minimum Gasteiger partial charge on any atom is -0.412 e. The molecular formula is H13CoIO6. The first kappa shape index (κ1) is 579. The summed E-state index contributed by atoms with van der Waals surface area (Å²) < 4.78 is 0. The molecule has 8 heteroatoms. The van der Waals surface area contributed by atoms with E-state index < -0.39 is 0 Å². The van der Waals surface area contributed by atoms with E-state index in [1.165, 1.54) is 0 Å². The van der Waals surface area contributed by atoms with Crippen LogP contribution in [0, 0.1) is 0 Å². The zero-order chi connectivity index (χ0) is 0. The summed E-state index contributed by atoms with van der Waals surface area (Å²) in [6.45, 7) is 0. The van der Waals surface area contributed by atoms with E-state index >= 15 is 0 Å². The zero-order valence-electron chi connectivity index (χ0n) is 3.74. The minimum absolute atomic E-state index is 0. The zero-order valence-corrected chi connectivity index (χ0v) is 7.11. The summed E-state index contributed by atoms with van der Waals surface area (Å²) in [5.41, 5.74) is 0. The standard InChI is InChI=1S/Co.HI.6H2O/h;1H;6*1H2. The Kier molecular flexibility index (Phi) is 28500. The molecule has 8 heavy (non-hydrogen) atoms. The Labute approximate surface area is 73.7 Å². The van der Waals surface area contributed by atoms with Gasteiger partial charge in [0, 0.05) is 16.8 Å². The quantitative estimate of drug-likeness (QED) is 0.391. The normalized spacial score (nSPS) is 0. The van der Waals surface area contributed by atoms with Crippen molar-refractivity contribution in [1.82, 2.24) is 0 Å². The van der Waals surface area contributed by atoms with Gasteiger partial charge in [0.2, 0.25) is 0 Å². The summed E-state index contributed by atoms with van der Waals surface area (Å²) in [6, 6.07) is 0. The van der Waals surface area contributed by atoms with Crippen molar-refractivity contribution in [3.8, 4) is 0 Å². The average Bonchev–Trinajstić information content (AvgIpc) is 0. The Morgan fingerprint density at radius 3 is 0.375 bits per heavy atom. The van der Waals surface area contributed by atoms with E-state index in [-0.39, 0.29) is 73.6 Å². The van der Waals surface area contributed by atoms with Crippen LogP contribution in [-0.2, 0) is 16.8 Å². The van der Waals surface area contributed by atoms with Crippen molar-refractivity contribution >= 4 is 24.0 Å². The van der Waals surface area contributed by atoms with Crippen molar-refractivity contribution in [2.45, 2.75) is 0 Å². The van der Waals surface area contributed by atoms with E-state index in [1.54, 1.807) is 0 Å². The van der Waals surface area contributed by atoms with Crippen LogP contribution in [-0.4, -0.2) is 32.9 Å². The van der Waals surface area contributed by atoms with Gasteiger partial charge < -0.3 is 32.9 Å². The molecule has 0 bridgehead atoms. The first-order chi connectivity index (χ1) is 0. The van der Waals surface area contributed by atoms with Crippen LogP contribution in [0.4, 0.5) is 0 Å². The largest absolute Gasteiger partial charge is 0.412 e. The molecule has 0 fully saturated rings. The Balaban J connectivity index is 0. The summed E-state index contributed by atoms with van der Waals surface area (Å²) >= 11 is 0. The third-order valence-corrected chi connectivity index (χ3v) is 0. The first-order valence-electron chi connectivity index (χ1n) is 0. The molecule has 0 aromatic heterocycles. The van der Waals surface area contributed by atoms with Crippen LogP contribution in [0.1, 0.15) is 0 Å². The fourth-order valence-electron chi connectivity index (χ4n) is 0. The van der Waals surface area contributed by atoms with E-state index in [4.69, 9.17) is 0 Å². The van der Waals surface area contributed by atoms with E-state index in [9.17, 15) is 0 Å². The van der Waals surface area contributed by atoms with Crippen LogP contribution >= 0.6 is 24.0 Å². The van der Waals surface area contributed by atoms with Crippen molar-refractivity contribution in [3.63, 3.8) is 0 Å². The third-order valence-electron chi connectivity index (χ3n) is 0. The Hall–Kier alpha value is 0.996. The SMILES string of the molecule is I.O.O.O.O.O.O.[Co]. The van der Waals surface area contributed by atoms with E-state index in [0.29, 0.717) is 0 Å². The van der Waals surface area contributed by atoms with Crippen LogP contribution in [0.3, 0.4) is 0 Å². The van der Waals surface area contributed by atoms with Crippen molar-refractivity contribution in [2.24, 2.45) is 0 Å². The molecule has 1 radical (unpaired) electrons. The molecular weight excluding hydrogens is 282 g/mol. The number of halogens is 1. The van der Waals surface area contributed by atoms with Crippen LogP contribution in [0.2, 0.25) is 0 Å². The maximum Gasteiger partial charge on any atom is 0 e. The molecule has 12 N–H and O–H groups in total. The second-order valence-electron chi connectivity index (χ2n) is 0. The van der Waals surface area contributed by atoms with Gasteiger partial charge in [0.05, 0.1) is 0 Å². The summed E-state index contributed by atoms with van der Waals surface area (Å²) in [4.78, 5) is 0. The molecule has 65 valence electrons. The fourth-order valence-corrected chi connectivity index (χ4v) is 0. The van der Waals surface area contributed by atoms with Crippen LogP contribution < -0.4 is 0 Å². The van der Waals surface area contributed by atoms with Crippen LogP contribution in [0.25, 0.3) is 0 Å². The first-order valence-corrected chi connectivity index (χ1v) is 0. The van der Waals surface area contributed by atoms with Crippen molar-refractivity contribution in [2.75, 3.05) is 0 Å². The van der Waals surface area contributed by atoms with Gasteiger partial charge in [0.25, 0.3) is 0 Å². The molecule has 0 spiro atoms. The molecule has 0 amide bonds. The number of rotatable bonds is 0. The Bertz CT molecular complexity index is 8.49. The molecule has 0 unspecified atom stereocenters. The predicted octanol–water partition coefficient (Wildman–Crippen LogP) is -4.33. The third kappa shape index (κ3) is 253. The van der Waals surface area contributed by atoms with E-state index in [2.05, 4.69) is 0 Å². The minimum atomic E-state index is 0. The predicted molar refractivity (Wildman–Crippen MR) is 37.1 cm³/mol. The van der Waals surface area contributed by atoms with Gasteiger partial charge in [-0.05, 0) is 0 Å². The molecule has 6 nitrogen and oxygen atoms in total. The maximum absolute atomic E-state index is 0. The average molecular weight is 295 g/mol. The smallest absolute Gasteiger partial charge is 0 e. The molecule has 0 heterocycles. The van der Waals surface area contributed by atoms with Crippen molar-refractivity contribution < 1.29 is 49.6 Å². The molecule has 0 aliphatic heterocycles. The van der Waals surface area contributed by atoms with E-state index in [1.807, 2.05) is 0 Å². The number of hydrogen-bond donors (Lipinski definition) is 0. The van der Waals surface area contributed by atoms with Crippen molar-refractivity contribution in [1.29, 1.82) is 0 Å². The van der Waals surface area contributed by atoms with Gasteiger partial charge in [-0.2, -0.15) is 0 Å². The van der Waals surface area contributed by atoms with E-state index in [0.717, 1.165) is 0 Å². The molecule has 0 saturated carbocycles. The topological polar surface area (TPSA) is 189 Å². The summed E-state index contributed by atoms with van der Waals surface area (Å²) in [6.07, 6.45) is 0. The molecule has 0 atom stereocenters. The van der Waals surface area contributed by atoms with Gasteiger partial charge >= 0.3 is 0 Å². The summed E-state index contributed by atoms with van der Waals surface area (Å²) in [5.74, 6) is 0. The molecule has 0 rings (SSSR count). The molecule has 0 saturated heterocycles. The van der Waals surface area contributed by atoms with Gasteiger partial charge in [-0.15, -0.1) is 24.0 Å². The molecule has 0 aliphatic rings. The summed E-state index contributed by atoms with van der Waals surface area (Å²) in [7, 11) is 0. The van der Waals surface area contributed by atoms with Gasteiger partial charge in [0.1, 0.15) is 0 Å². The second-order valence-corrected chi connectivity index (χ2v) is 0. The van der Waals surface area contributed by atoms with Gasteiger partial charge in [-0.3, -0.25) is 0 Å². The fraction of sp³-hybridized carbons (Fsp3) is 0. The molecule has 0 aliphatic carbocycles. The van der Waals surface area contributed by atoms with Crippen LogP contribution in [0.15, 0.2) is 0 Å². The summed E-state index contributed by atoms with van der Waals surface area (Å²) in [5, 5.41) is 0. The molecule has 0 aromatic carbocycles. The second kappa shape index (κ2) is 394.